The van der Waals surface area contributed by atoms with E-state index in [1.807, 2.05) is 23.6 Å². The fourth-order valence-corrected chi connectivity index (χ4v) is 3.54. The monoisotopic (exact) mass is 310 g/mol. The Morgan fingerprint density at radius 1 is 1.40 bits per heavy atom. The summed E-state index contributed by atoms with van der Waals surface area (Å²) in [5, 5.41) is 9.41. The fraction of sp³-hybridized carbons (Fsp3) is 0.400. The van der Waals surface area contributed by atoms with Gasteiger partial charge in [0.1, 0.15) is 0 Å². The largest absolute Gasteiger partial charge is 0.352 e. The quantitative estimate of drug-likeness (QED) is 0.911. The van der Waals surface area contributed by atoms with Gasteiger partial charge in [-0.25, -0.2) is 0 Å². The molecule has 2 aromatic rings. The van der Waals surface area contributed by atoms with Crippen LogP contribution in [0.1, 0.15) is 23.2 Å². The first kappa shape index (κ1) is 15.3. The molecule has 2 heterocycles. The molecule has 0 radical (unpaired) electrons. The maximum Gasteiger partial charge on any atom is 0.252 e. The van der Waals surface area contributed by atoms with E-state index in [-0.39, 0.29) is 18.3 Å². The second-order valence-electron chi connectivity index (χ2n) is 5.05. The molecule has 1 unspecified atom stereocenters. The van der Waals surface area contributed by atoms with Gasteiger partial charge in [0.2, 0.25) is 0 Å². The summed E-state index contributed by atoms with van der Waals surface area (Å²) >= 11 is 1.63. The third-order valence-corrected chi connectivity index (χ3v) is 4.69. The zero-order valence-corrected chi connectivity index (χ0v) is 12.9. The van der Waals surface area contributed by atoms with Crippen molar-refractivity contribution in [1.29, 1.82) is 0 Å². The maximum atomic E-state index is 12.2. The fourth-order valence-electron chi connectivity index (χ4n) is 2.60. The van der Waals surface area contributed by atoms with E-state index in [0.717, 1.165) is 42.9 Å². The molecule has 1 amide bonds. The van der Waals surface area contributed by atoms with Gasteiger partial charge in [0.25, 0.3) is 5.91 Å². The Hall–Kier alpha value is -1.10. The molecule has 108 valence electrons. The summed E-state index contributed by atoms with van der Waals surface area (Å²) in [5.74, 6) is 0.780. The minimum absolute atomic E-state index is 0. The number of carbonyl (C=O) groups excluding carboxylic acids is 1. The van der Waals surface area contributed by atoms with Crippen LogP contribution in [0.25, 0.3) is 10.1 Å². The molecule has 1 atom stereocenters. The number of rotatable bonds is 4. The number of carbonyl (C=O) groups is 1. The van der Waals surface area contributed by atoms with Gasteiger partial charge in [0.15, 0.2) is 0 Å². The number of fused-ring (bicyclic) bond motifs is 1. The molecule has 0 saturated carbocycles. The van der Waals surface area contributed by atoms with E-state index >= 15 is 0 Å². The normalized spacial score (nSPS) is 17.9. The first-order chi connectivity index (χ1) is 9.34. The number of thiophene rings is 1. The van der Waals surface area contributed by atoms with Crippen molar-refractivity contribution < 1.29 is 4.79 Å². The molecule has 1 aromatic carbocycles. The molecule has 3 nitrogen and oxygen atoms in total. The summed E-state index contributed by atoms with van der Waals surface area (Å²) in [6.45, 7) is 2.99. The van der Waals surface area contributed by atoms with Crippen molar-refractivity contribution in [3.05, 3.63) is 35.2 Å². The van der Waals surface area contributed by atoms with Crippen LogP contribution >= 0.6 is 23.7 Å². The van der Waals surface area contributed by atoms with Crippen LogP contribution in [0, 0.1) is 5.92 Å². The highest BCUT2D eigenvalue weighted by atomic mass is 35.5. The predicted octanol–water partition coefficient (Wildman–Crippen LogP) is 3.05. The lowest BCUT2D eigenvalue weighted by Gasteiger charge is -2.09. The van der Waals surface area contributed by atoms with Crippen LogP contribution in [0.3, 0.4) is 0 Å². The zero-order chi connectivity index (χ0) is 13.1. The number of halogens is 1. The molecule has 2 N–H and O–H groups in total. The first-order valence-corrected chi connectivity index (χ1v) is 7.68. The van der Waals surface area contributed by atoms with E-state index in [4.69, 9.17) is 0 Å². The van der Waals surface area contributed by atoms with Crippen molar-refractivity contribution in [2.75, 3.05) is 19.6 Å². The Bertz CT molecular complexity index is 578. The van der Waals surface area contributed by atoms with Crippen LogP contribution in [0.15, 0.2) is 29.6 Å². The van der Waals surface area contributed by atoms with E-state index in [1.165, 1.54) is 11.1 Å². The molecule has 3 rings (SSSR count). The zero-order valence-electron chi connectivity index (χ0n) is 11.2. The topological polar surface area (TPSA) is 41.1 Å². The van der Waals surface area contributed by atoms with E-state index in [1.54, 1.807) is 11.3 Å². The van der Waals surface area contributed by atoms with E-state index in [0.29, 0.717) is 0 Å². The number of hydrogen-bond donors (Lipinski definition) is 2. The molecule has 20 heavy (non-hydrogen) atoms. The minimum atomic E-state index is 0. The lowest BCUT2D eigenvalue weighted by atomic mass is 10.1. The van der Waals surface area contributed by atoms with Crippen LogP contribution < -0.4 is 10.6 Å². The molecule has 0 bridgehead atoms. The molecule has 1 aromatic heterocycles. The van der Waals surface area contributed by atoms with Crippen LogP contribution in [-0.4, -0.2) is 25.5 Å². The van der Waals surface area contributed by atoms with Gasteiger partial charge < -0.3 is 10.6 Å². The molecule has 0 spiro atoms. The summed E-state index contributed by atoms with van der Waals surface area (Å²) < 4.78 is 1.17. The first-order valence-electron chi connectivity index (χ1n) is 6.80. The summed E-state index contributed by atoms with van der Waals surface area (Å²) in [6, 6.07) is 8.06. The van der Waals surface area contributed by atoms with Gasteiger partial charge in [0, 0.05) is 22.0 Å². The molecular weight excluding hydrogens is 292 g/mol. The van der Waals surface area contributed by atoms with Crippen molar-refractivity contribution in [3.63, 3.8) is 0 Å². The molecule has 1 saturated heterocycles. The Morgan fingerprint density at radius 2 is 2.25 bits per heavy atom. The minimum Gasteiger partial charge on any atom is -0.352 e. The summed E-state index contributed by atoms with van der Waals surface area (Å²) in [5.41, 5.74) is 0.810. The van der Waals surface area contributed by atoms with Crippen molar-refractivity contribution in [3.8, 4) is 0 Å². The smallest absolute Gasteiger partial charge is 0.252 e. The van der Waals surface area contributed by atoms with E-state index in [2.05, 4.69) is 16.7 Å². The van der Waals surface area contributed by atoms with Crippen molar-refractivity contribution in [2.24, 2.45) is 5.92 Å². The highest BCUT2D eigenvalue weighted by molar-refractivity contribution is 7.17. The van der Waals surface area contributed by atoms with E-state index < -0.39 is 0 Å². The average molecular weight is 311 g/mol. The standard InChI is InChI=1S/C15H18N2OS.ClH/c18-15(17-8-6-11-5-7-16-9-11)13-10-19-14-4-2-1-3-12(13)14;/h1-4,10-11,16H,5-9H2,(H,17,18);1H. The Kier molecular flexibility index (Phi) is 5.40. The van der Waals surface area contributed by atoms with Crippen LogP contribution in [0.2, 0.25) is 0 Å². The Balaban J connectivity index is 0.00000147. The van der Waals surface area contributed by atoms with Gasteiger partial charge in [-0.1, -0.05) is 18.2 Å². The van der Waals surface area contributed by atoms with Gasteiger partial charge in [-0.3, -0.25) is 4.79 Å². The number of amides is 1. The SMILES string of the molecule is Cl.O=C(NCCC1CCNC1)c1csc2ccccc12. The highest BCUT2D eigenvalue weighted by Gasteiger charge is 2.15. The Labute approximate surface area is 129 Å². The van der Waals surface area contributed by atoms with Crippen molar-refractivity contribution >= 4 is 39.7 Å². The van der Waals surface area contributed by atoms with Crippen LogP contribution in [-0.2, 0) is 0 Å². The van der Waals surface area contributed by atoms with Crippen molar-refractivity contribution in [2.45, 2.75) is 12.8 Å². The third kappa shape index (κ3) is 3.32. The maximum absolute atomic E-state index is 12.2. The van der Waals surface area contributed by atoms with Crippen molar-refractivity contribution in [1.82, 2.24) is 10.6 Å². The van der Waals surface area contributed by atoms with Gasteiger partial charge in [-0.05, 0) is 37.9 Å². The van der Waals surface area contributed by atoms with Gasteiger partial charge in [-0.2, -0.15) is 0 Å². The third-order valence-electron chi connectivity index (χ3n) is 3.73. The molecule has 5 heteroatoms. The summed E-state index contributed by atoms with van der Waals surface area (Å²) in [6.07, 6.45) is 2.30. The number of nitrogens with one attached hydrogen (secondary N) is 2. The Morgan fingerprint density at radius 3 is 3.05 bits per heavy atom. The van der Waals surface area contributed by atoms with E-state index in [9.17, 15) is 4.79 Å². The highest BCUT2D eigenvalue weighted by Crippen LogP contribution is 2.25. The molecule has 0 aliphatic carbocycles. The molecule has 1 aliphatic rings. The lowest BCUT2D eigenvalue weighted by molar-refractivity contribution is 0.0953. The second-order valence-corrected chi connectivity index (χ2v) is 5.96. The average Bonchev–Trinajstić information content (AvgIpc) is 3.07. The van der Waals surface area contributed by atoms with Gasteiger partial charge in [0.05, 0.1) is 5.56 Å². The molecule has 1 aliphatic heterocycles. The number of hydrogen-bond acceptors (Lipinski definition) is 3. The number of benzene rings is 1. The summed E-state index contributed by atoms with van der Waals surface area (Å²) in [7, 11) is 0. The van der Waals surface area contributed by atoms with Crippen LogP contribution in [0.5, 0.6) is 0 Å². The summed E-state index contributed by atoms with van der Waals surface area (Å²) in [4.78, 5) is 12.2. The van der Waals surface area contributed by atoms with Crippen LogP contribution in [0.4, 0.5) is 0 Å². The molecular formula is C15H19ClN2OS. The lowest BCUT2D eigenvalue weighted by Crippen LogP contribution is -2.26. The molecule has 1 fully saturated rings. The van der Waals surface area contributed by atoms with Gasteiger partial charge in [-0.15, -0.1) is 23.7 Å². The van der Waals surface area contributed by atoms with Gasteiger partial charge >= 0.3 is 0 Å². The second kappa shape index (κ2) is 7.07. The predicted molar refractivity (Wildman–Crippen MR) is 87.0 cm³/mol.